The van der Waals surface area contributed by atoms with Crippen LogP contribution in [0.15, 0.2) is 28.7 Å². The molecule has 1 aliphatic rings. The highest BCUT2D eigenvalue weighted by molar-refractivity contribution is 9.10. The third kappa shape index (κ3) is 4.62. The van der Waals surface area contributed by atoms with Crippen LogP contribution in [0.2, 0.25) is 0 Å². The highest BCUT2D eigenvalue weighted by Gasteiger charge is 2.20. The smallest absolute Gasteiger partial charge is 0.223 e. The Labute approximate surface area is 130 Å². The average molecular weight is 338 g/mol. The van der Waals surface area contributed by atoms with E-state index in [-0.39, 0.29) is 17.9 Å². The van der Waals surface area contributed by atoms with Crippen LogP contribution in [0.5, 0.6) is 0 Å². The van der Waals surface area contributed by atoms with E-state index in [9.17, 15) is 4.79 Å². The molecule has 1 atom stereocenters. The lowest BCUT2D eigenvalue weighted by molar-refractivity contribution is -0.126. The molecule has 0 aromatic heterocycles. The number of rotatable bonds is 3. The van der Waals surface area contributed by atoms with E-state index in [2.05, 4.69) is 40.3 Å². The zero-order chi connectivity index (χ0) is 14.4. The first-order valence-electron chi connectivity index (χ1n) is 7.72. The summed E-state index contributed by atoms with van der Waals surface area (Å²) in [6, 6.07) is 8.25. The number of nitrogens with one attached hydrogen (secondary N) is 1. The lowest BCUT2D eigenvalue weighted by atomic mass is 9.90. The number of amides is 1. The van der Waals surface area contributed by atoms with Crippen molar-refractivity contribution in [3.8, 4) is 0 Å². The number of hydrogen-bond acceptors (Lipinski definition) is 1. The molecule has 110 valence electrons. The fourth-order valence-corrected chi connectivity index (χ4v) is 3.15. The van der Waals surface area contributed by atoms with E-state index in [1.165, 1.54) is 32.1 Å². The predicted molar refractivity (Wildman–Crippen MR) is 86.5 cm³/mol. The number of carbonyl (C=O) groups is 1. The Morgan fingerprint density at radius 2 is 1.65 bits per heavy atom. The molecule has 0 bridgehead atoms. The summed E-state index contributed by atoms with van der Waals surface area (Å²) in [6.07, 6.45) is 8.41. The minimum absolute atomic E-state index is 0.0843. The van der Waals surface area contributed by atoms with E-state index in [0.29, 0.717) is 0 Å². The van der Waals surface area contributed by atoms with Crippen molar-refractivity contribution in [1.82, 2.24) is 5.32 Å². The first kappa shape index (κ1) is 15.6. The van der Waals surface area contributed by atoms with Gasteiger partial charge in [0.15, 0.2) is 0 Å². The summed E-state index contributed by atoms with van der Waals surface area (Å²) >= 11 is 3.44. The molecule has 1 aromatic rings. The predicted octanol–water partition coefficient (Wildman–Crippen LogP) is 4.99. The molecule has 1 N–H and O–H groups in total. The van der Waals surface area contributed by atoms with Gasteiger partial charge in [-0.1, -0.05) is 60.2 Å². The molecule has 0 radical (unpaired) electrons. The molecular formula is C17H24BrNO. The van der Waals surface area contributed by atoms with Crippen molar-refractivity contribution in [1.29, 1.82) is 0 Å². The molecule has 3 heteroatoms. The lowest BCUT2D eigenvalue weighted by Gasteiger charge is -2.22. The van der Waals surface area contributed by atoms with Crippen LogP contribution in [0, 0.1) is 5.92 Å². The molecule has 0 spiro atoms. The minimum Gasteiger partial charge on any atom is -0.349 e. The fourth-order valence-electron chi connectivity index (χ4n) is 2.88. The van der Waals surface area contributed by atoms with Gasteiger partial charge in [0.1, 0.15) is 0 Å². The van der Waals surface area contributed by atoms with E-state index in [1.807, 2.05) is 12.1 Å². The zero-order valence-corrected chi connectivity index (χ0v) is 13.8. The second-order valence-electron chi connectivity index (χ2n) is 5.82. The molecule has 20 heavy (non-hydrogen) atoms. The summed E-state index contributed by atoms with van der Waals surface area (Å²) in [5, 5.41) is 3.18. The van der Waals surface area contributed by atoms with Gasteiger partial charge >= 0.3 is 0 Å². The minimum atomic E-state index is 0.0843. The molecule has 1 amide bonds. The van der Waals surface area contributed by atoms with Crippen LogP contribution >= 0.6 is 15.9 Å². The molecule has 0 heterocycles. The standard InChI is InChI=1S/C17H24BrNO/c1-13(14-9-11-16(18)12-10-14)19-17(20)15-7-5-3-2-4-6-8-15/h9-13,15H,2-8H2,1H3,(H,19,20). The van der Waals surface area contributed by atoms with Crippen molar-refractivity contribution >= 4 is 21.8 Å². The van der Waals surface area contributed by atoms with Crippen molar-refractivity contribution in [2.45, 2.75) is 57.9 Å². The van der Waals surface area contributed by atoms with Crippen LogP contribution in [0.25, 0.3) is 0 Å². The van der Waals surface area contributed by atoms with E-state index >= 15 is 0 Å². The fraction of sp³-hybridized carbons (Fsp3) is 0.588. The normalized spacial score (nSPS) is 18.9. The summed E-state index contributed by atoms with van der Waals surface area (Å²) in [6.45, 7) is 2.06. The van der Waals surface area contributed by atoms with Crippen LogP contribution in [-0.2, 0) is 4.79 Å². The Morgan fingerprint density at radius 3 is 2.25 bits per heavy atom. The third-order valence-electron chi connectivity index (χ3n) is 4.20. The maximum absolute atomic E-state index is 12.4. The highest BCUT2D eigenvalue weighted by Crippen LogP contribution is 2.24. The van der Waals surface area contributed by atoms with Crippen molar-refractivity contribution in [3.63, 3.8) is 0 Å². The Hall–Kier alpha value is -0.830. The summed E-state index contributed by atoms with van der Waals surface area (Å²) in [7, 11) is 0. The largest absolute Gasteiger partial charge is 0.349 e. The van der Waals surface area contributed by atoms with Crippen LogP contribution in [-0.4, -0.2) is 5.91 Å². The molecule has 2 rings (SSSR count). The van der Waals surface area contributed by atoms with Gasteiger partial charge in [0.25, 0.3) is 0 Å². The number of hydrogen-bond donors (Lipinski definition) is 1. The summed E-state index contributed by atoms with van der Waals surface area (Å²) in [4.78, 5) is 12.4. The SMILES string of the molecule is CC(NC(=O)C1CCCCCCC1)c1ccc(Br)cc1. The van der Waals surface area contributed by atoms with Gasteiger partial charge in [0, 0.05) is 10.4 Å². The van der Waals surface area contributed by atoms with E-state index in [0.717, 1.165) is 22.9 Å². The second-order valence-corrected chi connectivity index (χ2v) is 6.74. The van der Waals surface area contributed by atoms with Gasteiger partial charge in [0.2, 0.25) is 5.91 Å². The van der Waals surface area contributed by atoms with Crippen LogP contribution < -0.4 is 5.32 Å². The quantitative estimate of drug-likeness (QED) is 0.827. The lowest BCUT2D eigenvalue weighted by Crippen LogP contribution is -2.33. The first-order valence-corrected chi connectivity index (χ1v) is 8.52. The molecule has 1 aromatic carbocycles. The monoisotopic (exact) mass is 337 g/mol. The van der Waals surface area contributed by atoms with Crippen LogP contribution in [0.1, 0.15) is 63.5 Å². The molecule has 1 aliphatic carbocycles. The number of benzene rings is 1. The van der Waals surface area contributed by atoms with Gasteiger partial charge in [-0.3, -0.25) is 4.79 Å². The van der Waals surface area contributed by atoms with Gasteiger partial charge < -0.3 is 5.32 Å². The molecule has 2 nitrogen and oxygen atoms in total. The van der Waals surface area contributed by atoms with Crippen molar-refractivity contribution in [3.05, 3.63) is 34.3 Å². The van der Waals surface area contributed by atoms with Crippen molar-refractivity contribution in [2.24, 2.45) is 5.92 Å². The van der Waals surface area contributed by atoms with Crippen molar-refractivity contribution in [2.75, 3.05) is 0 Å². The van der Waals surface area contributed by atoms with E-state index < -0.39 is 0 Å². The Morgan fingerprint density at radius 1 is 1.10 bits per heavy atom. The Kier molecular flexibility index (Phi) is 6.08. The van der Waals surface area contributed by atoms with Gasteiger partial charge in [0.05, 0.1) is 6.04 Å². The van der Waals surface area contributed by atoms with E-state index in [4.69, 9.17) is 0 Å². The van der Waals surface area contributed by atoms with Gasteiger partial charge in [-0.2, -0.15) is 0 Å². The Balaban J connectivity index is 1.90. The van der Waals surface area contributed by atoms with Gasteiger partial charge in [-0.15, -0.1) is 0 Å². The van der Waals surface area contributed by atoms with Crippen LogP contribution in [0.4, 0.5) is 0 Å². The molecule has 0 saturated heterocycles. The summed E-state index contributed by atoms with van der Waals surface area (Å²) in [5.41, 5.74) is 1.16. The molecular weight excluding hydrogens is 314 g/mol. The summed E-state index contributed by atoms with van der Waals surface area (Å²) < 4.78 is 1.07. The highest BCUT2D eigenvalue weighted by atomic mass is 79.9. The van der Waals surface area contributed by atoms with Crippen LogP contribution in [0.3, 0.4) is 0 Å². The zero-order valence-electron chi connectivity index (χ0n) is 12.2. The van der Waals surface area contributed by atoms with Gasteiger partial charge in [-0.05, 0) is 37.5 Å². The molecule has 1 saturated carbocycles. The average Bonchev–Trinajstić information content (AvgIpc) is 2.38. The number of halogens is 1. The molecule has 1 fully saturated rings. The topological polar surface area (TPSA) is 29.1 Å². The molecule has 1 unspecified atom stereocenters. The summed E-state index contributed by atoms with van der Waals surface area (Å²) in [5.74, 6) is 0.454. The molecule has 0 aliphatic heterocycles. The van der Waals surface area contributed by atoms with Crippen molar-refractivity contribution < 1.29 is 4.79 Å². The Bertz CT molecular complexity index is 421. The maximum Gasteiger partial charge on any atom is 0.223 e. The third-order valence-corrected chi connectivity index (χ3v) is 4.73. The van der Waals surface area contributed by atoms with Gasteiger partial charge in [-0.25, -0.2) is 0 Å². The number of carbonyl (C=O) groups excluding carboxylic acids is 1. The second kappa shape index (κ2) is 7.82. The maximum atomic E-state index is 12.4. The first-order chi connectivity index (χ1) is 9.66. The van der Waals surface area contributed by atoms with E-state index in [1.54, 1.807) is 0 Å².